The summed E-state index contributed by atoms with van der Waals surface area (Å²) < 4.78 is 1.91. The summed E-state index contributed by atoms with van der Waals surface area (Å²) in [6, 6.07) is 14.7. The molecule has 1 amide bonds. The molecule has 4 rings (SSSR count). The third-order valence-corrected chi connectivity index (χ3v) is 5.50. The van der Waals surface area contributed by atoms with E-state index in [0.717, 1.165) is 16.6 Å². The number of pyridine rings is 1. The van der Waals surface area contributed by atoms with Crippen LogP contribution in [0.4, 0.5) is 5.13 Å². The topological polar surface area (TPSA) is 76.9 Å². The molecule has 6 nitrogen and oxygen atoms in total. The number of aromatic nitrogens is 3. The molecule has 2 heterocycles. The van der Waals surface area contributed by atoms with E-state index in [1.165, 1.54) is 11.3 Å². The summed E-state index contributed by atoms with van der Waals surface area (Å²) in [5.74, 6) is -0.185. The quantitative estimate of drug-likeness (QED) is 0.534. The van der Waals surface area contributed by atoms with E-state index < -0.39 is 6.04 Å². The molecule has 29 heavy (non-hydrogen) atoms. The minimum absolute atomic E-state index is 0.0400. The van der Waals surface area contributed by atoms with Crippen molar-refractivity contribution in [2.24, 2.45) is 0 Å². The molecule has 2 aromatic heterocycles. The van der Waals surface area contributed by atoms with Crippen molar-refractivity contribution in [1.82, 2.24) is 14.8 Å². The zero-order valence-electron chi connectivity index (χ0n) is 16.1. The molecule has 1 unspecified atom stereocenters. The predicted molar refractivity (Wildman–Crippen MR) is 116 cm³/mol. The monoisotopic (exact) mass is 404 g/mol. The van der Waals surface area contributed by atoms with E-state index in [1.54, 1.807) is 11.7 Å². The number of nitrogens with one attached hydrogen (secondary N) is 1. The fourth-order valence-electron chi connectivity index (χ4n) is 3.47. The summed E-state index contributed by atoms with van der Waals surface area (Å²) in [7, 11) is 0. The molecule has 0 fully saturated rings. The lowest BCUT2D eigenvalue weighted by Gasteiger charge is -2.22. The van der Waals surface area contributed by atoms with Crippen LogP contribution in [0.2, 0.25) is 0 Å². The smallest absolute Gasteiger partial charge is 0.249 e. The Morgan fingerprint density at radius 2 is 2.00 bits per heavy atom. The van der Waals surface area contributed by atoms with Gasteiger partial charge in [0.2, 0.25) is 11.0 Å². The van der Waals surface area contributed by atoms with Crippen LogP contribution in [0.25, 0.3) is 22.0 Å². The van der Waals surface area contributed by atoms with Gasteiger partial charge in [-0.25, -0.2) is 0 Å². The molecule has 0 bridgehead atoms. The third-order valence-electron chi connectivity index (χ3n) is 4.89. The Hall–Kier alpha value is -3.32. The summed E-state index contributed by atoms with van der Waals surface area (Å²) in [6.45, 7) is 3.92. The molecule has 4 aromatic rings. The van der Waals surface area contributed by atoms with Crippen LogP contribution in [0.3, 0.4) is 0 Å². The van der Waals surface area contributed by atoms with E-state index >= 15 is 0 Å². The highest BCUT2D eigenvalue weighted by molar-refractivity contribution is 7.13. The number of hydrogen-bond donors (Lipinski definition) is 1. The molecule has 0 saturated heterocycles. The Balaban J connectivity index is 1.91. The van der Waals surface area contributed by atoms with Crippen LogP contribution < -0.4 is 10.7 Å². The highest BCUT2D eigenvalue weighted by Gasteiger charge is 2.22. The number of carbonyl (C=O) groups excluding carboxylic acids is 1. The zero-order chi connectivity index (χ0) is 20.4. The predicted octanol–water partition coefficient (Wildman–Crippen LogP) is 4.42. The van der Waals surface area contributed by atoms with Gasteiger partial charge in [0.25, 0.3) is 0 Å². The lowest BCUT2D eigenvalue weighted by Crippen LogP contribution is -2.27. The summed E-state index contributed by atoms with van der Waals surface area (Å²) in [5, 5.41) is 11.6. The first-order valence-corrected chi connectivity index (χ1v) is 10.2. The molecule has 7 heteroatoms. The van der Waals surface area contributed by atoms with Crippen molar-refractivity contribution in [3.8, 4) is 11.1 Å². The maximum atomic E-state index is 13.2. The molecular formula is C22H20N4O2S. The number of benzene rings is 2. The molecule has 0 aliphatic rings. The van der Waals surface area contributed by atoms with E-state index in [1.807, 2.05) is 66.9 Å². The molecule has 0 aliphatic heterocycles. The first kappa shape index (κ1) is 19.0. The largest absolute Gasteiger partial charge is 0.334 e. The van der Waals surface area contributed by atoms with Crippen molar-refractivity contribution >= 4 is 33.3 Å². The number of aryl methyl sites for hydroxylation is 1. The number of nitrogens with zero attached hydrogens (tertiary/aromatic N) is 3. The van der Waals surface area contributed by atoms with Crippen LogP contribution in [0, 0.1) is 6.92 Å². The highest BCUT2D eigenvalue weighted by Crippen LogP contribution is 2.26. The van der Waals surface area contributed by atoms with Crippen LogP contribution in [0.1, 0.15) is 24.9 Å². The number of anilines is 1. The second kappa shape index (κ2) is 7.97. The zero-order valence-corrected chi connectivity index (χ0v) is 16.9. The van der Waals surface area contributed by atoms with Crippen LogP contribution in [0.5, 0.6) is 0 Å². The van der Waals surface area contributed by atoms with Gasteiger partial charge in [0.05, 0.1) is 5.52 Å². The maximum Gasteiger partial charge on any atom is 0.249 e. The Morgan fingerprint density at radius 1 is 1.21 bits per heavy atom. The van der Waals surface area contributed by atoms with Crippen LogP contribution >= 0.6 is 11.3 Å². The van der Waals surface area contributed by atoms with Gasteiger partial charge in [0.1, 0.15) is 11.6 Å². The highest BCUT2D eigenvalue weighted by atomic mass is 32.1. The van der Waals surface area contributed by atoms with E-state index in [-0.39, 0.29) is 11.3 Å². The third kappa shape index (κ3) is 3.69. The van der Waals surface area contributed by atoms with Gasteiger partial charge in [-0.15, -0.1) is 10.2 Å². The Kier molecular flexibility index (Phi) is 5.22. The normalized spacial score (nSPS) is 12.1. The average Bonchev–Trinajstić information content (AvgIpc) is 3.23. The molecule has 0 spiro atoms. The number of amides is 1. The summed E-state index contributed by atoms with van der Waals surface area (Å²) in [6.07, 6.45) is 2.36. The van der Waals surface area contributed by atoms with Gasteiger partial charge in [-0.05, 0) is 36.6 Å². The second-order valence-electron chi connectivity index (χ2n) is 6.82. The first-order valence-electron chi connectivity index (χ1n) is 9.36. The van der Waals surface area contributed by atoms with Gasteiger partial charge in [-0.3, -0.25) is 14.9 Å². The van der Waals surface area contributed by atoms with Crippen molar-refractivity contribution in [3.63, 3.8) is 0 Å². The molecule has 0 radical (unpaired) electrons. The SMILES string of the molecule is CCC(C(=O)Nc1nncs1)n1cc(-c2ccccc2)c(=O)c2ccc(C)cc21. The van der Waals surface area contributed by atoms with Crippen LogP contribution in [0.15, 0.2) is 65.0 Å². The second-order valence-corrected chi connectivity index (χ2v) is 7.66. The van der Waals surface area contributed by atoms with E-state index in [4.69, 9.17) is 0 Å². The van der Waals surface area contributed by atoms with Crippen LogP contribution in [-0.2, 0) is 4.79 Å². The number of hydrogen-bond acceptors (Lipinski definition) is 5. The van der Waals surface area contributed by atoms with Crippen molar-refractivity contribution in [2.45, 2.75) is 26.3 Å². The number of carbonyl (C=O) groups is 1. The number of rotatable bonds is 5. The van der Waals surface area contributed by atoms with Gasteiger partial charge in [0, 0.05) is 17.1 Å². The molecule has 1 N–H and O–H groups in total. The molecular weight excluding hydrogens is 384 g/mol. The lowest BCUT2D eigenvalue weighted by molar-refractivity contribution is -0.119. The van der Waals surface area contributed by atoms with Gasteiger partial charge >= 0.3 is 0 Å². The van der Waals surface area contributed by atoms with E-state index in [0.29, 0.717) is 22.5 Å². The first-order chi connectivity index (χ1) is 14.1. The summed E-state index contributed by atoms with van der Waals surface area (Å²) in [5.41, 5.74) is 4.70. The average molecular weight is 404 g/mol. The summed E-state index contributed by atoms with van der Waals surface area (Å²) >= 11 is 1.27. The van der Waals surface area contributed by atoms with Crippen molar-refractivity contribution in [2.75, 3.05) is 5.32 Å². The Morgan fingerprint density at radius 3 is 2.69 bits per heavy atom. The van der Waals surface area contributed by atoms with Crippen molar-refractivity contribution < 1.29 is 4.79 Å². The Labute approximate surface area is 171 Å². The lowest BCUT2D eigenvalue weighted by atomic mass is 10.0. The standard InChI is InChI=1S/C22H20N4O2S/c1-3-18(21(28)24-22-25-23-13-29-22)26-12-17(15-7-5-4-6-8-15)20(27)16-10-9-14(2)11-19(16)26/h4-13,18H,3H2,1-2H3,(H,24,25,28). The van der Waals surface area contributed by atoms with E-state index in [2.05, 4.69) is 15.5 Å². The fraction of sp³-hybridized carbons (Fsp3) is 0.182. The minimum Gasteiger partial charge on any atom is -0.334 e. The fourth-order valence-corrected chi connectivity index (χ4v) is 3.91. The van der Waals surface area contributed by atoms with Gasteiger partial charge in [-0.2, -0.15) is 0 Å². The molecule has 1 atom stereocenters. The van der Waals surface area contributed by atoms with Gasteiger partial charge < -0.3 is 4.57 Å². The number of fused-ring (bicyclic) bond motifs is 1. The molecule has 0 saturated carbocycles. The van der Waals surface area contributed by atoms with Gasteiger partial charge in [0.15, 0.2) is 5.43 Å². The van der Waals surface area contributed by atoms with Crippen molar-refractivity contribution in [1.29, 1.82) is 0 Å². The van der Waals surface area contributed by atoms with Gasteiger partial charge in [-0.1, -0.05) is 54.7 Å². The maximum absolute atomic E-state index is 13.2. The van der Waals surface area contributed by atoms with E-state index in [9.17, 15) is 9.59 Å². The molecule has 0 aliphatic carbocycles. The minimum atomic E-state index is -0.494. The molecule has 146 valence electrons. The molecule has 2 aromatic carbocycles. The summed E-state index contributed by atoms with van der Waals surface area (Å²) in [4.78, 5) is 26.2. The van der Waals surface area contributed by atoms with Crippen LogP contribution in [-0.4, -0.2) is 20.7 Å². The van der Waals surface area contributed by atoms with Crippen molar-refractivity contribution in [3.05, 3.63) is 76.0 Å². The Bertz CT molecular complexity index is 1220.